The van der Waals surface area contributed by atoms with Crippen molar-refractivity contribution >= 4 is 15.8 Å². The molecule has 6 heteroatoms. The predicted octanol–water partition coefficient (Wildman–Crippen LogP) is 5.85. The third kappa shape index (κ3) is 17.4. The summed E-state index contributed by atoms with van der Waals surface area (Å²) < 4.78 is 28.1. The molecule has 1 rings (SSSR count). The molecule has 0 unspecified atom stereocenters. The summed E-state index contributed by atoms with van der Waals surface area (Å²) in [6.07, 6.45) is 25.4. The van der Waals surface area contributed by atoms with Gasteiger partial charge in [0.15, 0.2) is 9.84 Å². The quantitative estimate of drug-likeness (QED) is 0.135. The number of hydrogen-bond donors (Lipinski definition) is 0. The predicted molar refractivity (Wildman–Crippen MR) is 135 cm³/mol. The molecule has 186 valence electrons. The lowest BCUT2D eigenvalue weighted by Crippen LogP contribution is -2.41. The molecule has 0 aromatic rings. The van der Waals surface area contributed by atoms with Crippen LogP contribution in [0.5, 0.6) is 0 Å². The molecule has 0 aromatic carbocycles. The summed E-state index contributed by atoms with van der Waals surface area (Å²) in [6, 6.07) is 0. The van der Waals surface area contributed by atoms with Gasteiger partial charge in [-0.25, -0.2) is 8.42 Å². The van der Waals surface area contributed by atoms with Crippen molar-refractivity contribution in [2.45, 2.75) is 96.8 Å². The number of rotatable bonds is 19. The molecule has 0 saturated carbocycles. The van der Waals surface area contributed by atoms with Gasteiger partial charge in [-0.1, -0.05) is 63.3 Å². The van der Waals surface area contributed by atoms with E-state index >= 15 is 0 Å². The van der Waals surface area contributed by atoms with Gasteiger partial charge in [-0.3, -0.25) is 9.69 Å². The summed E-state index contributed by atoms with van der Waals surface area (Å²) in [6.45, 7) is 4.33. The third-order valence-electron chi connectivity index (χ3n) is 5.91. The van der Waals surface area contributed by atoms with E-state index in [1.165, 1.54) is 64.2 Å². The van der Waals surface area contributed by atoms with Crippen LogP contribution in [-0.2, 0) is 19.4 Å². The van der Waals surface area contributed by atoms with Crippen LogP contribution in [0.2, 0.25) is 0 Å². The van der Waals surface area contributed by atoms with E-state index in [9.17, 15) is 13.2 Å². The maximum Gasteiger partial charge on any atom is 0.305 e. The average molecular weight is 470 g/mol. The molecular weight excluding hydrogens is 422 g/mol. The minimum atomic E-state index is -2.85. The van der Waals surface area contributed by atoms with Crippen LogP contribution in [-0.4, -0.2) is 57.0 Å². The molecule has 0 aromatic heterocycles. The van der Waals surface area contributed by atoms with Crippen LogP contribution in [0.3, 0.4) is 0 Å². The summed E-state index contributed by atoms with van der Waals surface area (Å²) in [4.78, 5) is 13.8. The first-order valence-corrected chi connectivity index (χ1v) is 14.7. The fourth-order valence-electron chi connectivity index (χ4n) is 3.73. The molecule has 32 heavy (non-hydrogen) atoms. The van der Waals surface area contributed by atoms with Crippen molar-refractivity contribution < 1.29 is 17.9 Å². The molecule has 1 heterocycles. The maximum atomic E-state index is 11.8. The van der Waals surface area contributed by atoms with Crippen molar-refractivity contribution in [1.82, 2.24) is 4.90 Å². The van der Waals surface area contributed by atoms with Gasteiger partial charge in [0, 0.05) is 26.1 Å². The van der Waals surface area contributed by atoms with E-state index < -0.39 is 9.84 Å². The van der Waals surface area contributed by atoms with Gasteiger partial charge in [0.1, 0.15) is 6.61 Å². The molecule has 1 aliphatic rings. The van der Waals surface area contributed by atoms with E-state index in [0.29, 0.717) is 32.7 Å². The highest BCUT2D eigenvalue weighted by atomic mass is 32.2. The largest absolute Gasteiger partial charge is 0.464 e. The molecule has 5 nitrogen and oxygen atoms in total. The lowest BCUT2D eigenvalue weighted by molar-refractivity contribution is -0.144. The first-order valence-electron chi connectivity index (χ1n) is 12.9. The summed E-state index contributed by atoms with van der Waals surface area (Å²) >= 11 is 0. The first-order chi connectivity index (χ1) is 15.5. The van der Waals surface area contributed by atoms with Gasteiger partial charge in [0.2, 0.25) is 0 Å². The van der Waals surface area contributed by atoms with Crippen LogP contribution in [0.4, 0.5) is 0 Å². The number of esters is 1. The fraction of sp³-hybridized carbons (Fsp3) is 0.808. The van der Waals surface area contributed by atoms with Crippen molar-refractivity contribution in [3.63, 3.8) is 0 Å². The van der Waals surface area contributed by atoms with Crippen molar-refractivity contribution in [3.05, 3.63) is 24.3 Å². The van der Waals surface area contributed by atoms with Gasteiger partial charge < -0.3 is 4.74 Å². The van der Waals surface area contributed by atoms with Crippen LogP contribution >= 0.6 is 0 Å². The summed E-state index contributed by atoms with van der Waals surface area (Å²) in [5.74, 6) is 0.301. The number of carbonyl (C=O) groups is 1. The van der Waals surface area contributed by atoms with Crippen molar-refractivity contribution in [2.75, 3.05) is 37.7 Å². The van der Waals surface area contributed by atoms with E-state index in [4.69, 9.17) is 4.74 Å². The Kier molecular flexibility index (Phi) is 17.5. The van der Waals surface area contributed by atoms with Gasteiger partial charge in [-0.05, 0) is 51.4 Å². The first kappa shape index (κ1) is 28.9. The summed E-state index contributed by atoms with van der Waals surface area (Å²) in [7, 11) is -2.85. The van der Waals surface area contributed by atoms with Gasteiger partial charge in [0.25, 0.3) is 0 Å². The second kappa shape index (κ2) is 19.3. The number of allylic oxidation sites excluding steroid dienone is 4. The zero-order valence-corrected chi connectivity index (χ0v) is 21.3. The fourth-order valence-corrected chi connectivity index (χ4v) is 5.01. The number of unbranched alkanes of at least 4 members (excludes halogenated alkanes) is 10. The number of sulfone groups is 1. The summed E-state index contributed by atoms with van der Waals surface area (Å²) in [5, 5.41) is 0. The van der Waals surface area contributed by atoms with E-state index in [-0.39, 0.29) is 17.5 Å². The zero-order valence-electron chi connectivity index (χ0n) is 20.4. The van der Waals surface area contributed by atoms with Crippen LogP contribution in [0.15, 0.2) is 24.3 Å². The molecule has 0 bridgehead atoms. The molecule has 1 saturated heterocycles. The highest BCUT2D eigenvalue weighted by Gasteiger charge is 2.21. The SMILES string of the molecule is CCCCCC=CCCCC=CCCCCCCCC(=O)OCCN1CCS(=O)(=O)CC1. The van der Waals surface area contributed by atoms with Crippen LogP contribution in [0.25, 0.3) is 0 Å². The Labute approximate surface area is 197 Å². The minimum Gasteiger partial charge on any atom is -0.464 e. The molecule has 0 aliphatic carbocycles. The van der Waals surface area contributed by atoms with Crippen molar-refractivity contribution in [1.29, 1.82) is 0 Å². The van der Waals surface area contributed by atoms with Gasteiger partial charge in [-0.15, -0.1) is 0 Å². The van der Waals surface area contributed by atoms with E-state index in [1.807, 2.05) is 0 Å². The molecule has 0 radical (unpaired) electrons. The second-order valence-corrected chi connectivity index (χ2v) is 11.2. The molecule has 0 N–H and O–H groups in total. The summed E-state index contributed by atoms with van der Waals surface area (Å²) in [5.41, 5.74) is 0. The van der Waals surface area contributed by atoms with E-state index in [1.54, 1.807) is 0 Å². The van der Waals surface area contributed by atoms with Crippen LogP contribution in [0.1, 0.15) is 96.8 Å². The standard InChI is InChI=1S/C26H47NO4S/c1-2-3-4-5-6-7-8-9-10-11-12-13-14-15-16-17-18-19-26(28)31-23-20-27-21-24-32(29,30)25-22-27/h6-7,11-12H,2-5,8-10,13-25H2,1H3. The Morgan fingerprint density at radius 1 is 0.781 bits per heavy atom. The highest BCUT2D eigenvalue weighted by Crippen LogP contribution is 2.09. The molecule has 0 atom stereocenters. The van der Waals surface area contributed by atoms with E-state index in [0.717, 1.165) is 19.3 Å². The van der Waals surface area contributed by atoms with Crippen LogP contribution in [0, 0.1) is 0 Å². The molecular formula is C26H47NO4S. The number of carbonyl (C=O) groups excluding carboxylic acids is 1. The lowest BCUT2D eigenvalue weighted by atomic mass is 10.1. The number of nitrogens with zero attached hydrogens (tertiary/aromatic N) is 1. The topological polar surface area (TPSA) is 63.7 Å². The smallest absolute Gasteiger partial charge is 0.305 e. The molecule has 1 aliphatic heterocycles. The Hall–Kier alpha value is -1.14. The molecule has 0 amide bonds. The average Bonchev–Trinajstić information content (AvgIpc) is 2.77. The van der Waals surface area contributed by atoms with E-state index in [2.05, 4.69) is 36.1 Å². The highest BCUT2D eigenvalue weighted by molar-refractivity contribution is 7.91. The lowest BCUT2D eigenvalue weighted by Gasteiger charge is -2.26. The Morgan fingerprint density at radius 3 is 1.94 bits per heavy atom. The molecule has 0 spiro atoms. The third-order valence-corrected chi connectivity index (χ3v) is 7.52. The minimum absolute atomic E-state index is 0.131. The second-order valence-electron chi connectivity index (χ2n) is 8.89. The van der Waals surface area contributed by atoms with Crippen LogP contribution < -0.4 is 0 Å². The van der Waals surface area contributed by atoms with Gasteiger partial charge in [-0.2, -0.15) is 0 Å². The zero-order chi connectivity index (χ0) is 23.3. The molecule has 1 fully saturated rings. The van der Waals surface area contributed by atoms with Gasteiger partial charge >= 0.3 is 5.97 Å². The Morgan fingerprint density at radius 2 is 1.31 bits per heavy atom. The number of ether oxygens (including phenoxy) is 1. The Bertz CT molecular complexity index is 614. The Balaban J connectivity index is 1.82. The van der Waals surface area contributed by atoms with Crippen molar-refractivity contribution in [3.8, 4) is 0 Å². The maximum absolute atomic E-state index is 11.8. The number of hydrogen-bond acceptors (Lipinski definition) is 5. The monoisotopic (exact) mass is 469 g/mol. The van der Waals surface area contributed by atoms with Gasteiger partial charge in [0.05, 0.1) is 11.5 Å². The van der Waals surface area contributed by atoms with Crippen molar-refractivity contribution in [2.24, 2.45) is 0 Å². The normalized spacial score (nSPS) is 16.8.